The molecule has 4 rings (SSSR count). The van der Waals surface area contributed by atoms with E-state index in [2.05, 4.69) is 20.9 Å². The van der Waals surface area contributed by atoms with Crippen LogP contribution in [0.15, 0.2) is 59.5 Å². The minimum absolute atomic E-state index is 0.109. The van der Waals surface area contributed by atoms with Gasteiger partial charge in [-0.15, -0.1) is 0 Å². The van der Waals surface area contributed by atoms with Crippen LogP contribution >= 0.6 is 0 Å². The lowest BCUT2D eigenvalue weighted by atomic mass is 10.1. The zero-order valence-electron chi connectivity index (χ0n) is 15.7. The Hall–Kier alpha value is -3.94. The van der Waals surface area contributed by atoms with E-state index >= 15 is 0 Å². The summed E-state index contributed by atoms with van der Waals surface area (Å²) in [7, 11) is 0. The summed E-state index contributed by atoms with van der Waals surface area (Å²) in [4.78, 5) is 40.0. The summed E-state index contributed by atoms with van der Waals surface area (Å²) in [5.41, 5.74) is 6.78. The number of carbonyl (C=O) groups excluding carboxylic acids is 2. The normalized spacial score (nSPS) is 10.9. The van der Waals surface area contributed by atoms with E-state index in [4.69, 9.17) is 0 Å². The Morgan fingerprint density at radius 1 is 0.966 bits per heavy atom. The van der Waals surface area contributed by atoms with E-state index in [0.29, 0.717) is 11.1 Å². The number of amides is 2. The van der Waals surface area contributed by atoms with Crippen molar-refractivity contribution < 1.29 is 9.59 Å². The molecule has 4 aromatic rings. The molecule has 0 aliphatic carbocycles. The first kappa shape index (κ1) is 18.4. The number of para-hydroxylation sites is 1. The van der Waals surface area contributed by atoms with Crippen molar-refractivity contribution in [3.63, 3.8) is 0 Å². The van der Waals surface area contributed by atoms with Crippen molar-refractivity contribution in [2.45, 2.75) is 19.9 Å². The number of fused-ring (bicyclic) bond motifs is 2. The summed E-state index contributed by atoms with van der Waals surface area (Å²) in [5, 5.41) is 6.39. The van der Waals surface area contributed by atoms with Gasteiger partial charge in [0, 0.05) is 22.5 Å². The molecule has 0 unspecified atom stereocenters. The highest BCUT2D eigenvalue weighted by Crippen LogP contribution is 2.17. The van der Waals surface area contributed by atoms with Crippen molar-refractivity contribution in [2.24, 2.45) is 0 Å². The van der Waals surface area contributed by atoms with Crippen molar-refractivity contribution in [1.29, 1.82) is 0 Å². The number of aromatic nitrogens is 3. The number of nitrogens with one attached hydrogen (secondary N) is 3. The maximum absolute atomic E-state index is 12.5. The Balaban J connectivity index is 1.40. The number of nitrogens with zero attached hydrogens (tertiary/aromatic N) is 2. The van der Waals surface area contributed by atoms with Gasteiger partial charge in [-0.1, -0.05) is 36.4 Å². The van der Waals surface area contributed by atoms with Gasteiger partial charge >= 0.3 is 0 Å². The number of hydrogen-bond donors (Lipinski definition) is 3. The van der Waals surface area contributed by atoms with Crippen LogP contribution in [0.3, 0.4) is 0 Å². The molecule has 0 atom stereocenters. The molecule has 8 nitrogen and oxygen atoms in total. The van der Waals surface area contributed by atoms with Gasteiger partial charge in [0.15, 0.2) is 0 Å². The molecule has 2 amide bonds. The number of rotatable bonds is 4. The zero-order chi connectivity index (χ0) is 20.4. The van der Waals surface area contributed by atoms with Gasteiger partial charge in [-0.3, -0.25) is 25.2 Å². The molecule has 0 radical (unpaired) electrons. The third kappa shape index (κ3) is 3.73. The van der Waals surface area contributed by atoms with Crippen LogP contribution in [-0.2, 0) is 22.6 Å². The highest BCUT2D eigenvalue weighted by atomic mass is 16.2. The van der Waals surface area contributed by atoms with Crippen molar-refractivity contribution in [3.8, 4) is 0 Å². The molecule has 0 fully saturated rings. The number of hydrogen-bond acceptors (Lipinski definition) is 4. The molecule has 8 heteroatoms. The Morgan fingerprint density at radius 2 is 1.62 bits per heavy atom. The minimum atomic E-state index is -0.540. The van der Waals surface area contributed by atoms with Gasteiger partial charge in [-0.25, -0.2) is 4.68 Å². The molecule has 0 spiro atoms. The molecule has 0 saturated carbocycles. The maximum atomic E-state index is 12.5. The van der Waals surface area contributed by atoms with Crippen LogP contribution in [0.2, 0.25) is 0 Å². The van der Waals surface area contributed by atoms with E-state index < -0.39 is 5.91 Å². The smallest absolute Gasteiger partial charge is 0.275 e. The van der Waals surface area contributed by atoms with E-state index in [9.17, 15) is 14.4 Å². The molecule has 0 saturated heterocycles. The lowest BCUT2D eigenvalue weighted by molar-refractivity contribution is -0.129. The SMILES string of the molecule is Cc1nn(CC(=O)NNC(=O)Cc2c[nH]c3ccccc23)c(=O)c2ccccc12. The van der Waals surface area contributed by atoms with E-state index in [1.165, 1.54) is 0 Å². The van der Waals surface area contributed by atoms with E-state index in [1.54, 1.807) is 25.3 Å². The van der Waals surface area contributed by atoms with Gasteiger partial charge in [0.2, 0.25) is 5.91 Å². The second kappa shape index (κ2) is 7.59. The molecule has 0 bridgehead atoms. The van der Waals surface area contributed by atoms with Gasteiger partial charge < -0.3 is 4.98 Å². The van der Waals surface area contributed by atoms with E-state index in [1.807, 2.05) is 36.4 Å². The number of aryl methyl sites for hydroxylation is 1. The second-order valence-electron chi connectivity index (χ2n) is 6.73. The van der Waals surface area contributed by atoms with Gasteiger partial charge in [-0.2, -0.15) is 5.10 Å². The Labute approximate surface area is 165 Å². The molecular weight excluding hydrogens is 370 g/mol. The fourth-order valence-electron chi connectivity index (χ4n) is 3.32. The van der Waals surface area contributed by atoms with Gasteiger partial charge in [-0.05, 0) is 24.6 Å². The standard InChI is InChI=1S/C21H19N5O3/c1-13-15-6-2-3-8-17(15)21(29)26(25-13)12-20(28)24-23-19(27)10-14-11-22-18-9-5-4-7-16(14)18/h2-9,11,22H,10,12H2,1H3,(H,23,27)(H,24,28). The van der Waals surface area contributed by atoms with Crippen molar-refractivity contribution in [1.82, 2.24) is 25.6 Å². The summed E-state index contributed by atoms with van der Waals surface area (Å²) < 4.78 is 1.10. The molecular formula is C21H19N5O3. The highest BCUT2D eigenvalue weighted by molar-refractivity contribution is 5.90. The molecule has 0 aliphatic heterocycles. The van der Waals surface area contributed by atoms with Crippen LogP contribution < -0.4 is 16.4 Å². The molecule has 2 aromatic carbocycles. The Bertz CT molecular complexity index is 1290. The topological polar surface area (TPSA) is 109 Å². The zero-order valence-corrected chi connectivity index (χ0v) is 15.7. The van der Waals surface area contributed by atoms with Crippen LogP contribution in [0.25, 0.3) is 21.7 Å². The average molecular weight is 389 g/mol. The molecule has 3 N–H and O–H groups in total. The number of H-pyrrole nitrogens is 1. The van der Waals surface area contributed by atoms with Crippen LogP contribution in [0.5, 0.6) is 0 Å². The summed E-state index contributed by atoms with van der Waals surface area (Å²) in [6.45, 7) is 1.48. The molecule has 0 aliphatic rings. The number of aromatic amines is 1. The summed E-state index contributed by atoms with van der Waals surface area (Å²) in [6.07, 6.45) is 1.88. The maximum Gasteiger partial charge on any atom is 0.275 e. The first-order valence-corrected chi connectivity index (χ1v) is 9.12. The van der Waals surface area contributed by atoms with Crippen LogP contribution in [0, 0.1) is 6.92 Å². The molecule has 2 heterocycles. The van der Waals surface area contributed by atoms with Crippen LogP contribution in [-0.4, -0.2) is 26.6 Å². The van der Waals surface area contributed by atoms with Crippen LogP contribution in [0.4, 0.5) is 0 Å². The number of carbonyl (C=O) groups is 2. The van der Waals surface area contributed by atoms with Crippen LogP contribution in [0.1, 0.15) is 11.3 Å². The third-order valence-electron chi connectivity index (χ3n) is 4.71. The molecule has 29 heavy (non-hydrogen) atoms. The monoisotopic (exact) mass is 389 g/mol. The summed E-state index contributed by atoms with van der Waals surface area (Å²) in [6, 6.07) is 14.8. The van der Waals surface area contributed by atoms with Gasteiger partial charge in [0.05, 0.1) is 17.5 Å². The van der Waals surface area contributed by atoms with Crippen molar-refractivity contribution in [2.75, 3.05) is 0 Å². The molecule has 146 valence electrons. The van der Waals surface area contributed by atoms with Crippen molar-refractivity contribution >= 4 is 33.5 Å². The first-order chi connectivity index (χ1) is 14.0. The fraction of sp³-hybridized carbons (Fsp3) is 0.143. The number of benzene rings is 2. The molecule has 2 aromatic heterocycles. The first-order valence-electron chi connectivity index (χ1n) is 9.12. The lowest BCUT2D eigenvalue weighted by Crippen LogP contribution is -2.45. The average Bonchev–Trinajstić information content (AvgIpc) is 3.13. The Kier molecular flexibility index (Phi) is 4.82. The Morgan fingerprint density at radius 3 is 2.41 bits per heavy atom. The largest absolute Gasteiger partial charge is 0.361 e. The lowest BCUT2D eigenvalue weighted by Gasteiger charge is -2.10. The highest BCUT2D eigenvalue weighted by Gasteiger charge is 2.12. The third-order valence-corrected chi connectivity index (χ3v) is 4.71. The summed E-state index contributed by atoms with van der Waals surface area (Å²) in [5.74, 6) is -0.903. The predicted molar refractivity (Wildman–Crippen MR) is 109 cm³/mol. The summed E-state index contributed by atoms with van der Waals surface area (Å²) >= 11 is 0. The van der Waals surface area contributed by atoms with E-state index in [0.717, 1.165) is 26.5 Å². The minimum Gasteiger partial charge on any atom is -0.361 e. The quantitative estimate of drug-likeness (QED) is 0.460. The van der Waals surface area contributed by atoms with E-state index in [-0.39, 0.29) is 24.4 Å². The predicted octanol–water partition coefficient (Wildman–Crippen LogP) is 1.58. The second-order valence-corrected chi connectivity index (χ2v) is 6.73. The van der Waals surface area contributed by atoms with Gasteiger partial charge in [0.1, 0.15) is 6.54 Å². The number of hydrazine groups is 1. The van der Waals surface area contributed by atoms with Gasteiger partial charge in [0.25, 0.3) is 11.5 Å². The fourth-order valence-corrected chi connectivity index (χ4v) is 3.32. The van der Waals surface area contributed by atoms with Crippen molar-refractivity contribution in [3.05, 3.63) is 76.3 Å².